The van der Waals surface area contributed by atoms with Gasteiger partial charge < -0.3 is 20.5 Å². The number of urea groups is 1. The number of amides is 2. The molecule has 3 N–H and O–H groups in total. The molecular formula is C17H22F2N2O3. The third-order valence-electron chi connectivity index (χ3n) is 4.79. The molecule has 2 fully saturated rings. The first-order valence-electron chi connectivity index (χ1n) is 8.30. The molecule has 1 aromatic carbocycles. The molecule has 2 amide bonds. The molecule has 0 spiro atoms. The predicted octanol–water partition coefficient (Wildman–Crippen LogP) is 2.40. The Labute approximate surface area is 139 Å². The van der Waals surface area contributed by atoms with Gasteiger partial charge in [-0.05, 0) is 37.0 Å². The van der Waals surface area contributed by atoms with Gasteiger partial charge in [0, 0.05) is 13.2 Å². The van der Waals surface area contributed by atoms with Gasteiger partial charge in [-0.25, -0.2) is 13.6 Å². The first kappa shape index (κ1) is 17.1. The van der Waals surface area contributed by atoms with Gasteiger partial charge in [-0.15, -0.1) is 0 Å². The van der Waals surface area contributed by atoms with Crippen molar-refractivity contribution in [1.29, 1.82) is 0 Å². The van der Waals surface area contributed by atoms with Crippen molar-refractivity contribution < 1.29 is 23.4 Å². The van der Waals surface area contributed by atoms with E-state index in [0.29, 0.717) is 31.4 Å². The van der Waals surface area contributed by atoms with E-state index in [1.165, 1.54) is 6.07 Å². The van der Waals surface area contributed by atoms with Crippen molar-refractivity contribution in [3.05, 3.63) is 35.4 Å². The van der Waals surface area contributed by atoms with Crippen LogP contribution in [0.1, 0.15) is 43.8 Å². The summed E-state index contributed by atoms with van der Waals surface area (Å²) in [6.07, 6.45) is 3.39. The molecule has 0 bridgehead atoms. The summed E-state index contributed by atoms with van der Waals surface area (Å²) in [5, 5.41) is 15.7. The molecule has 24 heavy (non-hydrogen) atoms. The summed E-state index contributed by atoms with van der Waals surface area (Å²) >= 11 is 0. The molecule has 1 aromatic rings. The Morgan fingerprint density at radius 3 is 2.75 bits per heavy atom. The Bertz CT molecular complexity index is 605. The zero-order valence-corrected chi connectivity index (χ0v) is 13.4. The van der Waals surface area contributed by atoms with Crippen LogP contribution in [-0.4, -0.2) is 35.9 Å². The van der Waals surface area contributed by atoms with Gasteiger partial charge in [0.15, 0.2) is 11.6 Å². The van der Waals surface area contributed by atoms with Gasteiger partial charge in [0.05, 0.1) is 11.6 Å². The van der Waals surface area contributed by atoms with E-state index in [1.807, 2.05) is 0 Å². The highest BCUT2D eigenvalue weighted by atomic mass is 19.2. The highest BCUT2D eigenvalue weighted by molar-refractivity contribution is 5.74. The van der Waals surface area contributed by atoms with Crippen LogP contribution < -0.4 is 10.6 Å². The Balaban J connectivity index is 1.57. The monoisotopic (exact) mass is 340 g/mol. The lowest BCUT2D eigenvalue weighted by atomic mass is 10.0. The van der Waals surface area contributed by atoms with Crippen LogP contribution in [0.4, 0.5) is 13.6 Å². The van der Waals surface area contributed by atoms with Crippen molar-refractivity contribution >= 4 is 6.03 Å². The zero-order chi connectivity index (χ0) is 17.2. The van der Waals surface area contributed by atoms with Crippen molar-refractivity contribution in [3.8, 4) is 0 Å². The number of rotatable bonds is 4. The molecule has 2 aliphatic rings. The summed E-state index contributed by atoms with van der Waals surface area (Å²) < 4.78 is 32.0. The molecular weight excluding hydrogens is 318 g/mol. The lowest BCUT2D eigenvalue weighted by Gasteiger charge is -2.24. The Morgan fingerprint density at radius 2 is 2.04 bits per heavy atom. The van der Waals surface area contributed by atoms with E-state index in [4.69, 9.17) is 4.74 Å². The van der Waals surface area contributed by atoms with Crippen LogP contribution in [0.5, 0.6) is 0 Å². The van der Waals surface area contributed by atoms with Crippen LogP contribution in [0.2, 0.25) is 0 Å². The fourth-order valence-corrected chi connectivity index (χ4v) is 3.43. The standard InChI is InChI=1S/C17H22F2N2O3/c18-12-4-3-11(9-13(12)19)15-14(5-8-24-15)21-16(22)20-10-17(23)6-1-2-7-17/h3-4,9,14-15,23H,1-2,5-8,10H2,(H2,20,21,22)/t14-,15+/m1/s1. The summed E-state index contributed by atoms with van der Waals surface area (Å²) in [6, 6.07) is 2.90. The van der Waals surface area contributed by atoms with Crippen molar-refractivity contribution in [2.45, 2.75) is 49.9 Å². The van der Waals surface area contributed by atoms with Gasteiger partial charge in [-0.2, -0.15) is 0 Å². The van der Waals surface area contributed by atoms with Crippen LogP contribution in [0.25, 0.3) is 0 Å². The maximum atomic E-state index is 13.4. The zero-order valence-electron chi connectivity index (χ0n) is 13.4. The number of carbonyl (C=O) groups is 1. The van der Waals surface area contributed by atoms with Crippen LogP contribution in [0, 0.1) is 11.6 Å². The molecule has 1 aliphatic carbocycles. The first-order chi connectivity index (χ1) is 11.5. The van der Waals surface area contributed by atoms with Crippen molar-refractivity contribution in [3.63, 3.8) is 0 Å². The van der Waals surface area contributed by atoms with Crippen LogP contribution >= 0.6 is 0 Å². The van der Waals surface area contributed by atoms with E-state index in [-0.39, 0.29) is 12.6 Å². The normalized spacial score (nSPS) is 25.6. The number of hydrogen-bond donors (Lipinski definition) is 3. The maximum Gasteiger partial charge on any atom is 0.315 e. The largest absolute Gasteiger partial charge is 0.388 e. The van der Waals surface area contributed by atoms with E-state index in [0.717, 1.165) is 25.0 Å². The number of carbonyl (C=O) groups excluding carboxylic acids is 1. The molecule has 1 saturated carbocycles. The number of nitrogens with one attached hydrogen (secondary N) is 2. The Morgan fingerprint density at radius 1 is 1.29 bits per heavy atom. The minimum absolute atomic E-state index is 0.211. The molecule has 5 nitrogen and oxygen atoms in total. The quantitative estimate of drug-likeness (QED) is 0.788. The second kappa shape index (κ2) is 7.03. The number of benzene rings is 1. The second-order valence-corrected chi connectivity index (χ2v) is 6.62. The summed E-state index contributed by atoms with van der Waals surface area (Å²) in [4.78, 5) is 12.1. The van der Waals surface area contributed by atoms with E-state index in [9.17, 15) is 18.7 Å². The molecule has 132 valence electrons. The van der Waals surface area contributed by atoms with Gasteiger partial charge in [0.25, 0.3) is 0 Å². The van der Waals surface area contributed by atoms with E-state index in [1.54, 1.807) is 0 Å². The van der Waals surface area contributed by atoms with Gasteiger partial charge in [0.1, 0.15) is 6.10 Å². The smallest absolute Gasteiger partial charge is 0.315 e. The van der Waals surface area contributed by atoms with E-state index in [2.05, 4.69) is 10.6 Å². The molecule has 1 heterocycles. The molecule has 2 atom stereocenters. The highest BCUT2D eigenvalue weighted by Gasteiger charge is 2.34. The van der Waals surface area contributed by atoms with Crippen molar-refractivity contribution in [2.24, 2.45) is 0 Å². The highest BCUT2D eigenvalue weighted by Crippen LogP contribution is 2.30. The summed E-state index contributed by atoms with van der Waals surface area (Å²) in [6.45, 7) is 0.640. The molecule has 1 saturated heterocycles. The van der Waals surface area contributed by atoms with Crippen molar-refractivity contribution in [1.82, 2.24) is 10.6 Å². The molecule has 0 radical (unpaired) electrons. The topological polar surface area (TPSA) is 70.6 Å². The summed E-state index contributed by atoms with van der Waals surface area (Å²) in [5.74, 6) is -1.85. The van der Waals surface area contributed by atoms with E-state index >= 15 is 0 Å². The fraction of sp³-hybridized carbons (Fsp3) is 0.588. The Kier molecular flexibility index (Phi) is 5.01. The average Bonchev–Trinajstić information content (AvgIpc) is 3.18. The molecule has 0 aromatic heterocycles. The van der Waals surface area contributed by atoms with Crippen LogP contribution in [0.15, 0.2) is 18.2 Å². The van der Waals surface area contributed by atoms with Gasteiger partial charge in [-0.3, -0.25) is 0 Å². The van der Waals surface area contributed by atoms with Gasteiger partial charge in [0.2, 0.25) is 0 Å². The third-order valence-corrected chi connectivity index (χ3v) is 4.79. The number of hydrogen-bond acceptors (Lipinski definition) is 3. The maximum absolute atomic E-state index is 13.4. The number of ether oxygens (including phenoxy) is 1. The Hall–Kier alpha value is -1.73. The molecule has 1 aliphatic heterocycles. The predicted molar refractivity (Wildman–Crippen MR) is 83.4 cm³/mol. The number of halogens is 2. The van der Waals surface area contributed by atoms with E-state index < -0.39 is 29.4 Å². The lowest BCUT2D eigenvalue weighted by Crippen LogP contribution is -2.48. The third kappa shape index (κ3) is 3.84. The fourth-order valence-electron chi connectivity index (χ4n) is 3.43. The average molecular weight is 340 g/mol. The van der Waals surface area contributed by atoms with Crippen LogP contribution in [-0.2, 0) is 4.74 Å². The van der Waals surface area contributed by atoms with Gasteiger partial charge >= 0.3 is 6.03 Å². The number of aliphatic hydroxyl groups is 1. The minimum atomic E-state index is -0.936. The van der Waals surface area contributed by atoms with Gasteiger partial charge in [-0.1, -0.05) is 18.9 Å². The SMILES string of the molecule is O=C(NCC1(O)CCCC1)N[C@@H]1CCO[C@H]1c1ccc(F)c(F)c1. The molecule has 0 unspecified atom stereocenters. The second-order valence-electron chi connectivity index (χ2n) is 6.62. The lowest BCUT2D eigenvalue weighted by molar-refractivity contribution is 0.0497. The summed E-state index contributed by atoms with van der Waals surface area (Å²) in [7, 11) is 0. The van der Waals surface area contributed by atoms with Crippen LogP contribution in [0.3, 0.4) is 0 Å². The molecule has 7 heteroatoms. The summed E-state index contributed by atoms with van der Waals surface area (Å²) in [5.41, 5.74) is -0.325. The van der Waals surface area contributed by atoms with Crippen molar-refractivity contribution in [2.75, 3.05) is 13.2 Å². The molecule has 3 rings (SSSR count). The first-order valence-corrected chi connectivity index (χ1v) is 8.30. The minimum Gasteiger partial charge on any atom is -0.388 e.